The average molecular weight is 181 g/mol. The lowest BCUT2D eigenvalue weighted by Crippen LogP contribution is -1.91. The lowest BCUT2D eigenvalue weighted by molar-refractivity contribution is 0.339. The van der Waals surface area contributed by atoms with E-state index in [2.05, 4.69) is 6.92 Å². The molecule has 1 aromatic rings. The fraction of sp³-hybridized carbons (Fsp3) is 0.300. The maximum atomic E-state index is 5.38. The molecule has 1 nitrogen and oxygen atoms in total. The lowest BCUT2D eigenvalue weighted by atomic mass is 10.2. The fourth-order valence-corrected chi connectivity index (χ4v) is 1.50. The van der Waals surface area contributed by atoms with Crippen molar-refractivity contribution in [3.63, 3.8) is 0 Å². The largest absolute Gasteiger partial charge is 0.494 e. The predicted octanol–water partition coefficient (Wildman–Crippen LogP) is 2.99. The van der Waals surface area contributed by atoms with E-state index in [-0.39, 0.29) is 0 Å². The molecule has 0 bridgehead atoms. The minimum absolute atomic E-state index is 0.706. The van der Waals surface area contributed by atoms with Gasteiger partial charge in [0.25, 0.3) is 0 Å². The molecule has 0 saturated heterocycles. The van der Waals surface area contributed by atoms with E-state index in [1.54, 1.807) is 11.8 Å². The quantitative estimate of drug-likeness (QED) is 0.663. The van der Waals surface area contributed by atoms with E-state index in [9.17, 15) is 0 Å². The third-order valence-corrected chi connectivity index (χ3v) is 2.19. The van der Waals surface area contributed by atoms with Crippen LogP contribution in [0.4, 0.5) is 0 Å². The Labute approximate surface area is 78.1 Å². The molecule has 0 fully saturated rings. The van der Waals surface area contributed by atoms with Crippen LogP contribution in [0.15, 0.2) is 23.1 Å². The van der Waals surface area contributed by atoms with Gasteiger partial charge in [-0.15, -0.1) is 11.8 Å². The van der Waals surface area contributed by atoms with Gasteiger partial charge in [-0.2, -0.15) is 0 Å². The molecular weight excluding hydrogens is 168 g/mol. The first-order valence-corrected chi connectivity index (χ1v) is 5.12. The summed E-state index contributed by atoms with van der Waals surface area (Å²) < 4.78 is 5.38. The number of ether oxygens (including phenoxy) is 1. The Morgan fingerprint density at radius 1 is 1.42 bits per heavy atom. The van der Waals surface area contributed by atoms with Gasteiger partial charge in [0, 0.05) is 4.90 Å². The summed E-state index contributed by atoms with van der Waals surface area (Å²) in [5, 5.41) is 0. The molecule has 0 saturated carbocycles. The van der Waals surface area contributed by atoms with Crippen molar-refractivity contribution in [2.75, 3.05) is 12.9 Å². The average Bonchev–Trinajstić information content (AvgIpc) is 2.04. The molecule has 1 aromatic carbocycles. The molecule has 0 aromatic heterocycles. The highest BCUT2D eigenvalue weighted by molar-refractivity contribution is 7.98. The van der Waals surface area contributed by atoms with E-state index in [0.29, 0.717) is 6.61 Å². The molecule has 0 unspecified atom stereocenters. The van der Waals surface area contributed by atoms with Gasteiger partial charge in [0.1, 0.15) is 5.75 Å². The van der Waals surface area contributed by atoms with Crippen LogP contribution in [-0.4, -0.2) is 12.9 Å². The van der Waals surface area contributed by atoms with Crippen molar-refractivity contribution in [2.24, 2.45) is 0 Å². The number of thioether (sulfide) groups is 1. The lowest BCUT2D eigenvalue weighted by Gasteiger charge is -2.05. The SMILES string of the molecule is [CH2]c1cc(OCC)cc(SC)c1. The zero-order chi connectivity index (χ0) is 8.97. The number of rotatable bonds is 3. The van der Waals surface area contributed by atoms with Crippen molar-refractivity contribution in [3.05, 3.63) is 30.7 Å². The second kappa shape index (κ2) is 4.41. The topological polar surface area (TPSA) is 9.23 Å². The molecule has 2 heteroatoms. The van der Waals surface area contributed by atoms with E-state index in [4.69, 9.17) is 4.74 Å². The highest BCUT2D eigenvalue weighted by Crippen LogP contribution is 2.23. The summed E-state index contributed by atoms with van der Waals surface area (Å²) in [6.07, 6.45) is 2.05. The van der Waals surface area contributed by atoms with E-state index >= 15 is 0 Å². The summed E-state index contributed by atoms with van der Waals surface area (Å²) in [5.74, 6) is 0.911. The summed E-state index contributed by atoms with van der Waals surface area (Å²) in [6, 6.07) is 6.03. The Balaban J connectivity index is 2.90. The molecule has 0 atom stereocenters. The van der Waals surface area contributed by atoms with Crippen LogP contribution in [0.3, 0.4) is 0 Å². The van der Waals surface area contributed by atoms with Crippen LogP contribution in [0.1, 0.15) is 12.5 Å². The second-order valence-corrected chi connectivity index (χ2v) is 3.33. The molecule has 0 amide bonds. The molecule has 12 heavy (non-hydrogen) atoms. The predicted molar refractivity (Wildman–Crippen MR) is 53.9 cm³/mol. The van der Waals surface area contributed by atoms with Gasteiger partial charge in [-0.3, -0.25) is 0 Å². The van der Waals surface area contributed by atoms with E-state index in [1.165, 1.54) is 4.90 Å². The Morgan fingerprint density at radius 2 is 2.17 bits per heavy atom. The van der Waals surface area contributed by atoms with Gasteiger partial charge in [-0.1, -0.05) is 0 Å². The zero-order valence-electron chi connectivity index (χ0n) is 7.46. The molecule has 0 N–H and O–H groups in total. The van der Waals surface area contributed by atoms with Gasteiger partial charge in [-0.25, -0.2) is 0 Å². The van der Waals surface area contributed by atoms with Crippen LogP contribution in [0, 0.1) is 6.92 Å². The van der Waals surface area contributed by atoms with Gasteiger partial charge in [0.2, 0.25) is 0 Å². The summed E-state index contributed by atoms with van der Waals surface area (Å²) >= 11 is 1.70. The van der Waals surface area contributed by atoms with Gasteiger partial charge >= 0.3 is 0 Å². The molecule has 1 radical (unpaired) electrons. The molecule has 0 aliphatic carbocycles. The molecule has 0 heterocycles. The van der Waals surface area contributed by atoms with Crippen molar-refractivity contribution in [1.82, 2.24) is 0 Å². The summed E-state index contributed by atoms with van der Waals surface area (Å²) in [7, 11) is 0. The van der Waals surface area contributed by atoms with Gasteiger partial charge in [0.05, 0.1) is 6.61 Å². The first-order chi connectivity index (χ1) is 5.76. The number of benzene rings is 1. The van der Waals surface area contributed by atoms with Crippen molar-refractivity contribution in [3.8, 4) is 5.75 Å². The maximum absolute atomic E-state index is 5.38. The molecule has 0 aliphatic heterocycles. The summed E-state index contributed by atoms with van der Waals surface area (Å²) in [5.41, 5.74) is 1.00. The number of hydrogen-bond acceptors (Lipinski definition) is 2. The van der Waals surface area contributed by atoms with Gasteiger partial charge < -0.3 is 4.74 Å². The van der Waals surface area contributed by atoms with Crippen LogP contribution >= 0.6 is 11.8 Å². The first-order valence-electron chi connectivity index (χ1n) is 3.90. The molecule has 65 valence electrons. The zero-order valence-corrected chi connectivity index (χ0v) is 8.28. The van der Waals surface area contributed by atoms with E-state index in [0.717, 1.165) is 11.3 Å². The third-order valence-electron chi connectivity index (χ3n) is 1.49. The smallest absolute Gasteiger partial charge is 0.120 e. The third kappa shape index (κ3) is 2.45. The first kappa shape index (κ1) is 9.46. The highest BCUT2D eigenvalue weighted by Gasteiger charge is 1.97. The van der Waals surface area contributed by atoms with Crippen molar-refractivity contribution >= 4 is 11.8 Å². The summed E-state index contributed by atoms with van der Waals surface area (Å²) in [4.78, 5) is 1.20. The molecule has 0 spiro atoms. The molecular formula is C10H13OS. The Kier molecular flexibility index (Phi) is 3.48. The van der Waals surface area contributed by atoms with Crippen LogP contribution in [0.2, 0.25) is 0 Å². The minimum atomic E-state index is 0.706. The van der Waals surface area contributed by atoms with Crippen LogP contribution < -0.4 is 4.74 Å². The Bertz CT molecular complexity index is 258. The Morgan fingerprint density at radius 3 is 2.75 bits per heavy atom. The molecule has 1 rings (SSSR count). The standard InChI is InChI=1S/C10H13OS/c1-4-11-9-5-8(2)6-10(7-9)12-3/h5-7H,2,4H2,1,3H3. The van der Waals surface area contributed by atoms with Crippen LogP contribution in [0.5, 0.6) is 5.75 Å². The van der Waals surface area contributed by atoms with E-state index < -0.39 is 0 Å². The van der Waals surface area contributed by atoms with Crippen LogP contribution in [-0.2, 0) is 0 Å². The van der Waals surface area contributed by atoms with E-state index in [1.807, 2.05) is 31.4 Å². The van der Waals surface area contributed by atoms with Crippen molar-refractivity contribution in [1.29, 1.82) is 0 Å². The second-order valence-electron chi connectivity index (χ2n) is 2.45. The number of hydrogen-bond donors (Lipinski definition) is 0. The van der Waals surface area contributed by atoms with Gasteiger partial charge in [0.15, 0.2) is 0 Å². The van der Waals surface area contributed by atoms with Crippen LogP contribution in [0.25, 0.3) is 0 Å². The maximum Gasteiger partial charge on any atom is 0.120 e. The summed E-state index contributed by atoms with van der Waals surface area (Å²) in [6.45, 7) is 6.57. The van der Waals surface area contributed by atoms with Crippen molar-refractivity contribution < 1.29 is 4.74 Å². The van der Waals surface area contributed by atoms with Gasteiger partial charge in [-0.05, 0) is 43.9 Å². The van der Waals surface area contributed by atoms with Crippen molar-refractivity contribution in [2.45, 2.75) is 11.8 Å². The normalized spacial score (nSPS) is 9.92. The Hall–Kier alpha value is -0.630. The monoisotopic (exact) mass is 181 g/mol. The molecule has 0 aliphatic rings. The minimum Gasteiger partial charge on any atom is -0.494 e. The fourth-order valence-electron chi connectivity index (χ4n) is 0.999. The highest BCUT2D eigenvalue weighted by atomic mass is 32.2.